The molecule has 1 aliphatic heterocycles. The second-order valence-corrected chi connectivity index (χ2v) is 10.0. The molecule has 0 amide bonds. The van der Waals surface area contributed by atoms with Crippen LogP contribution in [0.4, 0.5) is 4.39 Å². The van der Waals surface area contributed by atoms with Crippen molar-refractivity contribution in [3.05, 3.63) is 64.5 Å². The second kappa shape index (κ2) is 9.35. The van der Waals surface area contributed by atoms with E-state index in [-0.39, 0.29) is 23.4 Å². The van der Waals surface area contributed by atoms with E-state index in [0.717, 1.165) is 87.6 Å². The summed E-state index contributed by atoms with van der Waals surface area (Å²) in [7, 11) is 0. The van der Waals surface area contributed by atoms with Crippen LogP contribution in [0.25, 0.3) is 0 Å². The van der Waals surface area contributed by atoms with Crippen LogP contribution in [0.2, 0.25) is 0 Å². The molecule has 0 aromatic heterocycles. The number of aldehydes is 1. The summed E-state index contributed by atoms with van der Waals surface area (Å²) in [5.41, 5.74) is 4.18. The van der Waals surface area contributed by atoms with Crippen LogP contribution < -0.4 is 0 Å². The van der Waals surface area contributed by atoms with Gasteiger partial charge in [0.15, 0.2) is 0 Å². The first-order valence-electron chi connectivity index (χ1n) is 12.3. The molecule has 0 radical (unpaired) electrons. The van der Waals surface area contributed by atoms with Crippen molar-refractivity contribution in [1.29, 1.82) is 0 Å². The highest BCUT2D eigenvalue weighted by molar-refractivity contribution is 5.53. The summed E-state index contributed by atoms with van der Waals surface area (Å²) in [6.45, 7) is 1.59. The van der Waals surface area contributed by atoms with Gasteiger partial charge < -0.3 is 14.6 Å². The first kappa shape index (κ1) is 21.6. The Bertz CT molecular complexity index is 957. The molecule has 1 saturated carbocycles. The van der Waals surface area contributed by atoms with Crippen molar-refractivity contribution < 1.29 is 19.0 Å². The number of aryl methyl sites for hydroxylation is 1. The summed E-state index contributed by atoms with van der Waals surface area (Å²) < 4.78 is 21.3. The molecule has 1 N–H and O–H groups in total. The van der Waals surface area contributed by atoms with Crippen molar-refractivity contribution in [1.82, 2.24) is 0 Å². The Labute approximate surface area is 190 Å². The molecule has 170 valence electrons. The minimum atomic E-state index is -0.108. The van der Waals surface area contributed by atoms with Crippen molar-refractivity contribution in [2.24, 2.45) is 17.8 Å². The van der Waals surface area contributed by atoms with Gasteiger partial charge in [-0.2, -0.15) is 0 Å². The molecule has 2 aliphatic carbocycles. The third kappa shape index (κ3) is 4.22. The van der Waals surface area contributed by atoms with E-state index in [9.17, 15) is 9.90 Å². The lowest BCUT2D eigenvalue weighted by molar-refractivity contribution is -0.111. The second-order valence-electron chi connectivity index (χ2n) is 10.0. The third-order valence-corrected chi connectivity index (χ3v) is 8.30. The van der Waals surface area contributed by atoms with Gasteiger partial charge in [-0.3, -0.25) is 0 Å². The van der Waals surface area contributed by atoms with Gasteiger partial charge in [-0.1, -0.05) is 18.2 Å². The number of hydrogen-bond donors (Lipinski definition) is 1. The molecule has 2 aromatic carbocycles. The Balaban J connectivity index is 1.48. The van der Waals surface area contributed by atoms with Crippen LogP contribution in [0.1, 0.15) is 79.0 Å². The van der Waals surface area contributed by atoms with Gasteiger partial charge in [-0.25, -0.2) is 4.39 Å². The lowest BCUT2D eigenvalue weighted by Crippen LogP contribution is -2.32. The van der Waals surface area contributed by atoms with Gasteiger partial charge in [0, 0.05) is 25.0 Å². The van der Waals surface area contributed by atoms with Crippen LogP contribution in [-0.4, -0.2) is 24.6 Å². The third-order valence-electron chi connectivity index (χ3n) is 8.30. The normalized spacial score (nSPS) is 28.8. The molecule has 3 aliphatic rings. The SMILES string of the molecule is O=CC1CCC(c2ccc([C@H]3c4ccc(O)cc4CC[C@H]3C3CCOCC3)c(F)c2)CC1. The molecule has 0 spiro atoms. The molecular weight excluding hydrogens is 403 g/mol. The average Bonchev–Trinajstić information content (AvgIpc) is 2.84. The first-order valence-corrected chi connectivity index (χ1v) is 12.3. The molecule has 0 bridgehead atoms. The molecular formula is C28H33FO3. The predicted molar refractivity (Wildman–Crippen MR) is 122 cm³/mol. The van der Waals surface area contributed by atoms with Gasteiger partial charge in [0.1, 0.15) is 17.9 Å². The van der Waals surface area contributed by atoms with Gasteiger partial charge in [0.25, 0.3) is 0 Å². The van der Waals surface area contributed by atoms with E-state index in [1.165, 1.54) is 5.56 Å². The van der Waals surface area contributed by atoms with Crippen LogP contribution in [0, 0.1) is 23.6 Å². The molecule has 2 fully saturated rings. The van der Waals surface area contributed by atoms with Crippen LogP contribution in [0.15, 0.2) is 36.4 Å². The minimum absolute atomic E-state index is 0.0160. The molecule has 1 heterocycles. The van der Waals surface area contributed by atoms with E-state index in [4.69, 9.17) is 4.74 Å². The predicted octanol–water partition coefficient (Wildman–Crippen LogP) is 6.12. The molecule has 32 heavy (non-hydrogen) atoms. The summed E-state index contributed by atoms with van der Waals surface area (Å²) >= 11 is 0. The Morgan fingerprint density at radius 2 is 1.66 bits per heavy atom. The topological polar surface area (TPSA) is 46.5 Å². The van der Waals surface area contributed by atoms with Crippen molar-refractivity contribution in [2.45, 2.75) is 63.2 Å². The molecule has 1 saturated heterocycles. The zero-order chi connectivity index (χ0) is 22.1. The Hall–Kier alpha value is -2.20. The van der Waals surface area contributed by atoms with E-state index in [1.807, 2.05) is 18.2 Å². The number of fused-ring (bicyclic) bond motifs is 1. The van der Waals surface area contributed by atoms with Crippen molar-refractivity contribution in [3.63, 3.8) is 0 Å². The Kier molecular flexibility index (Phi) is 6.32. The van der Waals surface area contributed by atoms with Crippen molar-refractivity contribution >= 4 is 6.29 Å². The minimum Gasteiger partial charge on any atom is -0.508 e. The highest BCUT2D eigenvalue weighted by atomic mass is 19.1. The fraction of sp³-hybridized carbons (Fsp3) is 0.536. The summed E-state index contributed by atoms with van der Waals surface area (Å²) in [6.07, 6.45) is 8.82. The van der Waals surface area contributed by atoms with Gasteiger partial charge in [-0.15, -0.1) is 0 Å². The van der Waals surface area contributed by atoms with Crippen molar-refractivity contribution in [3.8, 4) is 5.75 Å². The number of hydrogen-bond acceptors (Lipinski definition) is 3. The highest BCUT2D eigenvalue weighted by Gasteiger charge is 2.38. The molecule has 2 aromatic rings. The number of rotatable bonds is 4. The largest absolute Gasteiger partial charge is 0.508 e. The van der Waals surface area contributed by atoms with Gasteiger partial charge in [0.2, 0.25) is 0 Å². The van der Waals surface area contributed by atoms with Crippen LogP contribution in [0.5, 0.6) is 5.75 Å². The molecule has 3 nitrogen and oxygen atoms in total. The molecule has 0 unspecified atom stereocenters. The summed E-state index contributed by atoms with van der Waals surface area (Å²) in [4.78, 5) is 11.1. The number of carbonyl (C=O) groups excluding carboxylic acids is 1. The van der Waals surface area contributed by atoms with Gasteiger partial charge in [-0.05, 0) is 110 Å². The fourth-order valence-corrected chi connectivity index (χ4v) is 6.52. The molecule has 2 atom stereocenters. The van der Waals surface area contributed by atoms with Crippen LogP contribution >= 0.6 is 0 Å². The van der Waals surface area contributed by atoms with Crippen LogP contribution in [0.3, 0.4) is 0 Å². The zero-order valence-corrected chi connectivity index (χ0v) is 18.6. The summed E-state index contributed by atoms with van der Waals surface area (Å²) in [6, 6.07) is 11.5. The maximum Gasteiger partial charge on any atom is 0.127 e. The Morgan fingerprint density at radius 3 is 2.38 bits per heavy atom. The van der Waals surface area contributed by atoms with E-state index >= 15 is 4.39 Å². The maximum atomic E-state index is 15.7. The Morgan fingerprint density at radius 1 is 0.906 bits per heavy atom. The average molecular weight is 437 g/mol. The molecule has 5 rings (SSSR count). The highest BCUT2D eigenvalue weighted by Crippen LogP contribution is 2.48. The van der Waals surface area contributed by atoms with E-state index in [0.29, 0.717) is 17.8 Å². The maximum absolute atomic E-state index is 15.7. The number of halogens is 1. The van der Waals surface area contributed by atoms with Gasteiger partial charge >= 0.3 is 0 Å². The summed E-state index contributed by atoms with van der Waals surface area (Å²) in [5.74, 6) is 1.63. The number of benzene rings is 2. The summed E-state index contributed by atoms with van der Waals surface area (Å²) in [5, 5.41) is 10.0. The van der Waals surface area contributed by atoms with E-state index in [2.05, 4.69) is 6.07 Å². The first-order chi connectivity index (χ1) is 15.6. The van der Waals surface area contributed by atoms with Crippen LogP contribution in [-0.2, 0) is 16.0 Å². The number of phenolic OH excluding ortho intramolecular Hbond substituents is 1. The van der Waals surface area contributed by atoms with E-state index < -0.39 is 0 Å². The number of carbonyl (C=O) groups is 1. The number of phenols is 1. The number of aromatic hydroxyl groups is 1. The van der Waals surface area contributed by atoms with E-state index in [1.54, 1.807) is 12.1 Å². The quantitative estimate of drug-likeness (QED) is 0.587. The lowest BCUT2D eigenvalue weighted by atomic mass is 9.65. The smallest absolute Gasteiger partial charge is 0.127 e. The monoisotopic (exact) mass is 436 g/mol. The number of ether oxygens (including phenoxy) is 1. The molecule has 4 heteroatoms. The lowest BCUT2D eigenvalue weighted by Gasteiger charge is -2.40. The van der Waals surface area contributed by atoms with Gasteiger partial charge in [0.05, 0.1) is 0 Å². The van der Waals surface area contributed by atoms with Crippen molar-refractivity contribution in [2.75, 3.05) is 13.2 Å². The standard InChI is InChI=1S/C28H33FO3/c29-27-16-21(19-3-1-18(17-30)2-4-19)5-9-26(27)28-24(20-11-13-32-14-12-20)8-6-22-15-23(31)7-10-25(22)28/h5,7,9-10,15-20,24,28,31H,1-4,6,8,11-14H2/t18?,19?,24-,28+/m0/s1. The fourth-order valence-electron chi connectivity index (χ4n) is 6.52. The zero-order valence-electron chi connectivity index (χ0n) is 18.6.